The van der Waals surface area contributed by atoms with Crippen LogP contribution < -0.4 is 10.1 Å². The predicted octanol–water partition coefficient (Wildman–Crippen LogP) is 4.29. The molecule has 1 saturated carbocycles. The Balaban J connectivity index is 1.57. The van der Waals surface area contributed by atoms with Gasteiger partial charge in [-0.3, -0.25) is 4.79 Å². The van der Waals surface area contributed by atoms with E-state index in [2.05, 4.69) is 29.4 Å². The monoisotopic (exact) mass is 402 g/mol. The van der Waals surface area contributed by atoms with Crippen LogP contribution in [0.15, 0.2) is 29.4 Å². The van der Waals surface area contributed by atoms with Crippen LogP contribution in [0.3, 0.4) is 0 Å². The quantitative estimate of drug-likeness (QED) is 0.667. The van der Waals surface area contributed by atoms with Crippen molar-refractivity contribution in [1.29, 1.82) is 0 Å². The Kier molecular flexibility index (Phi) is 7.36. The summed E-state index contributed by atoms with van der Waals surface area (Å²) in [5.41, 5.74) is 1.20. The minimum atomic E-state index is -0.222. The molecule has 0 saturated heterocycles. The first-order chi connectivity index (χ1) is 13.6. The number of aromatic nitrogens is 3. The van der Waals surface area contributed by atoms with E-state index in [4.69, 9.17) is 4.74 Å². The number of thioether (sulfide) groups is 1. The molecule has 152 valence electrons. The maximum Gasteiger partial charge on any atom is 0.230 e. The second-order valence-electron chi connectivity index (χ2n) is 7.35. The first kappa shape index (κ1) is 20.7. The van der Waals surface area contributed by atoms with Gasteiger partial charge in [0, 0.05) is 12.6 Å². The maximum absolute atomic E-state index is 12.3. The smallest absolute Gasteiger partial charge is 0.230 e. The molecule has 28 heavy (non-hydrogen) atoms. The highest BCUT2D eigenvalue weighted by molar-refractivity contribution is 7.99. The molecule has 1 fully saturated rings. The molecule has 1 N–H and O–H groups in total. The Morgan fingerprint density at radius 2 is 1.96 bits per heavy atom. The number of nitrogens with zero attached hydrogens (tertiary/aromatic N) is 3. The summed E-state index contributed by atoms with van der Waals surface area (Å²) in [6.07, 6.45) is 5.68. The molecule has 1 unspecified atom stereocenters. The largest absolute Gasteiger partial charge is 0.483 e. The number of benzene rings is 1. The fraction of sp³-hybridized carbons (Fsp3) is 0.571. The van der Waals surface area contributed by atoms with E-state index in [1.807, 2.05) is 35.8 Å². The summed E-state index contributed by atoms with van der Waals surface area (Å²) in [6, 6.07) is 8.31. The number of nitrogens with one attached hydrogen (secondary N) is 1. The lowest BCUT2D eigenvalue weighted by molar-refractivity contribution is -0.119. The van der Waals surface area contributed by atoms with Crippen LogP contribution in [-0.4, -0.2) is 32.5 Å². The van der Waals surface area contributed by atoms with Crippen LogP contribution in [-0.2, 0) is 11.3 Å². The number of carbonyl (C=O) groups is 1. The van der Waals surface area contributed by atoms with Gasteiger partial charge in [0.05, 0.1) is 5.75 Å². The summed E-state index contributed by atoms with van der Waals surface area (Å²) in [6.45, 7) is 6.81. The zero-order valence-electron chi connectivity index (χ0n) is 17.0. The molecule has 2 aromatic rings. The van der Waals surface area contributed by atoms with Crippen molar-refractivity contribution in [1.82, 2.24) is 20.1 Å². The van der Waals surface area contributed by atoms with Crippen molar-refractivity contribution in [2.24, 2.45) is 0 Å². The third-order valence-electron chi connectivity index (χ3n) is 5.06. The average Bonchev–Trinajstić information content (AvgIpc) is 3.12. The molecule has 7 heteroatoms. The molecule has 6 nitrogen and oxygen atoms in total. The van der Waals surface area contributed by atoms with Crippen molar-refractivity contribution in [2.45, 2.75) is 76.7 Å². The Bertz CT molecular complexity index is 769. The van der Waals surface area contributed by atoms with Gasteiger partial charge in [-0.25, -0.2) is 0 Å². The van der Waals surface area contributed by atoms with E-state index in [0.29, 0.717) is 11.8 Å². The summed E-state index contributed by atoms with van der Waals surface area (Å²) in [7, 11) is 0. The molecular weight excluding hydrogens is 372 g/mol. The summed E-state index contributed by atoms with van der Waals surface area (Å²) in [5.74, 6) is 2.03. The molecule has 1 aromatic carbocycles. The van der Waals surface area contributed by atoms with Crippen LogP contribution in [0.1, 0.15) is 63.4 Å². The first-order valence-electron chi connectivity index (χ1n) is 10.2. The summed E-state index contributed by atoms with van der Waals surface area (Å²) >= 11 is 1.44. The number of amides is 1. The number of rotatable bonds is 8. The van der Waals surface area contributed by atoms with Crippen LogP contribution >= 0.6 is 11.8 Å². The number of carbonyl (C=O) groups excluding carboxylic acids is 1. The van der Waals surface area contributed by atoms with Crippen LogP contribution in [0.4, 0.5) is 0 Å². The topological polar surface area (TPSA) is 69.0 Å². The van der Waals surface area contributed by atoms with Gasteiger partial charge in [0.2, 0.25) is 5.91 Å². The van der Waals surface area contributed by atoms with Gasteiger partial charge in [-0.2, -0.15) is 0 Å². The molecule has 0 aliphatic heterocycles. The summed E-state index contributed by atoms with van der Waals surface area (Å²) in [4.78, 5) is 12.3. The van der Waals surface area contributed by atoms with Gasteiger partial charge >= 0.3 is 0 Å². The number of hydrogen-bond donors (Lipinski definition) is 1. The van der Waals surface area contributed by atoms with Gasteiger partial charge in [0.1, 0.15) is 5.75 Å². The van der Waals surface area contributed by atoms with Gasteiger partial charge in [-0.05, 0) is 45.7 Å². The van der Waals surface area contributed by atoms with E-state index in [9.17, 15) is 4.79 Å². The fourth-order valence-electron chi connectivity index (χ4n) is 3.52. The van der Waals surface area contributed by atoms with E-state index in [1.165, 1.54) is 36.6 Å². The van der Waals surface area contributed by atoms with Crippen molar-refractivity contribution >= 4 is 17.7 Å². The van der Waals surface area contributed by atoms with Gasteiger partial charge in [0.15, 0.2) is 17.1 Å². The number of hydrogen-bond acceptors (Lipinski definition) is 5. The van der Waals surface area contributed by atoms with Crippen molar-refractivity contribution < 1.29 is 9.53 Å². The lowest BCUT2D eigenvalue weighted by Gasteiger charge is -2.22. The average molecular weight is 403 g/mol. The molecule has 1 amide bonds. The first-order valence-corrected chi connectivity index (χ1v) is 11.1. The van der Waals surface area contributed by atoms with E-state index in [-0.39, 0.29) is 12.0 Å². The minimum absolute atomic E-state index is 0.0769. The van der Waals surface area contributed by atoms with E-state index in [1.54, 1.807) is 0 Å². The molecule has 1 heterocycles. The predicted molar refractivity (Wildman–Crippen MR) is 112 cm³/mol. The third-order valence-corrected chi connectivity index (χ3v) is 6.03. The Labute approximate surface area is 171 Å². The lowest BCUT2D eigenvalue weighted by atomic mass is 9.95. The van der Waals surface area contributed by atoms with Gasteiger partial charge in [-0.15, -0.1) is 10.2 Å². The highest BCUT2D eigenvalue weighted by Crippen LogP contribution is 2.25. The second kappa shape index (κ2) is 9.96. The molecule has 1 atom stereocenters. The van der Waals surface area contributed by atoms with Gasteiger partial charge in [0.25, 0.3) is 0 Å². The zero-order valence-corrected chi connectivity index (χ0v) is 17.8. The molecular formula is C21H30N4O2S. The molecule has 1 aromatic heterocycles. The number of aryl methyl sites for hydroxylation is 1. The summed E-state index contributed by atoms with van der Waals surface area (Å²) < 4.78 is 8.05. The molecule has 0 spiro atoms. The lowest BCUT2D eigenvalue weighted by Crippen LogP contribution is -2.37. The molecule has 1 aliphatic carbocycles. The van der Waals surface area contributed by atoms with Crippen molar-refractivity contribution in [3.8, 4) is 5.75 Å². The Hall–Kier alpha value is -2.02. The number of ether oxygens (including phenoxy) is 1. The standard InChI is InChI=1S/C21H30N4O2S/c1-4-25-20(16(3)27-18-12-10-15(2)11-13-18)23-24-21(25)28-14-19(26)22-17-8-6-5-7-9-17/h10-13,16-17H,4-9,14H2,1-3H3,(H,22,26). The van der Waals surface area contributed by atoms with E-state index >= 15 is 0 Å². The zero-order chi connectivity index (χ0) is 19.9. The summed E-state index contributed by atoms with van der Waals surface area (Å²) in [5, 5.41) is 12.5. The molecule has 1 aliphatic rings. The highest BCUT2D eigenvalue weighted by atomic mass is 32.2. The molecule has 0 bridgehead atoms. The SMILES string of the molecule is CCn1c(SCC(=O)NC2CCCCC2)nnc1C(C)Oc1ccc(C)cc1. The van der Waals surface area contributed by atoms with Gasteiger partial charge in [-0.1, -0.05) is 48.7 Å². The third kappa shape index (κ3) is 5.50. The van der Waals surface area contributed by atoms with Gasteiger partial charge < -0.3 is 14.6 Å². The molecule has 0 radical (unpaired) electrons. The Morgan fingerprint density at radius 1 is 1.25 bits per heavy atom. The Morgan fingerprint density at radius 3 is 2.64 bits per heavy atom. The van der Waals surface area contributed by atoms with Crippen LogP contribution in [0.2, 0.25) is 0 Å². The van der Waals surface area contributed by atoms with Crippen molar-refractivity contribution in [2.75, 3.05) is 5.75 Å². The minimum Gasteiger partial charge on any atom is -0.483 e. The molecule has 3 rings (SSSR count). The van der Waals surface area contributed by atoms with E-state index < -0.39 is 0 Å². The van der Waals surface area contributed by atoms with Crippen molar-refractivity contribution in [3.63, 3.8) is 0 Å². The fourth-order valence-corrected chi connectivity index (χ4v) is 4.35. The second-order valence-corrected chi connectivity index (χ2v) is 8.29. The maximum atomic E-state index is 12.3. The van der Waals surface area contributed by atoms with Crippen molar-refractivity contribution in [3.05, 3.63) is 35.7 Å². The van der Waals surface area contributed by atoms with Crippen LogP contribution in [0.25, 0.3) is 0 Å². The van der Waals surface area contributed by atoms with Crippen LogP contribution in [0, 0.1) is 6.92 Å². The van der Waals surface area contributed by atoms with E-state index in [0.717, 1.165) is 36.1 Å². The highest BCUT2D eigenvalue weighted by Gasteiger charge is 2.20. The normalized spacial score (nSPS) is 16.0. The van der Waals surface area contributed by atoms with Crippen LogP contribution in [0.5, 0.6) is 5.75 Å².